The van der Waals surface area contributed by atoms with Crippen LogP contribution in [0.4, 0.5) is 10.5 Å². The topological polar surface area (TPSA) is 156 Å². The molecule has 138 valence electrons. The Morgan fingerprint density at radius 3 is 2.42 bits per heavy atom. The van der Waals surface area contributed by atoms with Crippen LogP contribution in [0.15, 0.2) is 18.3 Å². The van der Waals surface area contributed by atoms with E-state index in [0.29, 0.717) is 0 Å². The van der Waals surface area contributed by atoms with E-state index >= 15 is 0 Å². The van der Waals surface area contributed by atoms with Gasteiger partial charge in [0.1, 0.15) is 5.56 Å². The van der Waals surface area contributed by atoms with Gasteiger partial charge in [0.15, 0.2) is 17.2 Å². The van der Waals surface area contributed by atoms with Crippen molar-refractivity contribution in [3.8, 4) is 11.5 Å². The highest BCUT2D eigenvalue weighted by Gasteiger charge is 2.27. The van der Waals surface area contributed by atoms with Gasteiger partial charge >= 0.3 is 6.16 Å². The number of nitrogens with zero attached hydrogens (tertiary/aromatic N) is 4. The number of aromatic nitrogens is 3. The first-order valence-corrected chi connectivity index (χ1v) is 7.05. The van der Waals surface area contributed by atoms with E-state index in [1.54, 1.807) is 0 Å². The van der Waals surface area contributed by atoms with Crippen LogP contribution in [0.2, 0.25) is 0 Å². The molecule has 0 aliphatic heterocycles. The molecule has 0 saturated heterocycles. The molecule has 1 unspecified atom stereocenters. The smallest absolute Gasteiger partial charge is 0.493 e. The monoisotopic (exact) mass is 366 g/mol. The zero-order valence-corrected chi connectivity index (χ0v) is 13.9. The highest BCUT2D eigenvalue weighted by atomic mass is 16.7. The minimum Gasteiger partial charge on any atom is -0.493 e. The summed E-state index contributed by atoms with van der Waals surface area (Å²) in [6.07, 6.45) is -1.59. The number of methoxy groups -OCH3 is 2. The van der Waals surface area contributed by atoms with Crippen LogP contribution in [0, 0.1) is 10.1 Å². The Morgan fingerprint density at radius 2 is 1.88 bits per heavy atom. The number of rotatable bonds is 7. The lowest BCUT2D eigenvalue weighted by Gasteiger charge is -2.09. The van der Waals surface area contributed by atoms with Crippen molar-refractivity contribution in [2.24, 2.45) is 0 Å². The molecular weight excluding hydrogens is 352 g/mol. The number of carboxylic acid groups (broad SMARTS) is 1. The fourth-order valence-electron chi connectivity index (χ4n) is 2.09. The van der Waals surface area contributed by atoms with E-state index in [0.717, 1.165) is 23.1 Å². The number of ether oxygens (including phenoxy) is 3. The quantitative estimate of drug-likeness (QED) is 0.331. The van der Waals surface area contributed by atoms with Crippen LogP contribution in [0.1, 0.15) is 29.2 Å². The van der Waals surface area contributed by atoms with Crippen molar-refractivity contribution in [3.63, 3.8) is 0 Å². The molecule has 1 heterocycles. The third-order valence-corrected chi connectivity index (χ3v) is 3.28. The van der Waals surface area contributed by atoms with Crippen molar-refractivity contribution < 1.29 is 33.8 Å². The van der Waals surface area contributed by atoms with E-state index in [1.807, 2.05) is 0 Å². The van der Waals surface area contributed by atoms with Gasteiger partial charge in [0.2, 0.25) is 12.0 Å². The first-order valence-electron chi connectivity index (χ1n) is 7.05. The average molecular weight is 366 g/mol. The minimum atomic E-state index is -1.54. The van der Waals surface area contributed by atoms with Gasteiger partial charge in [-0.25, -0.2) is 4.79 Å². The van der Waals surface area contributed by atoms with Gasteiger partial charge in [-0.15, -0.1) is 9.90 Å². The predicted octanol–water partition coefficient (Wildman–Crippen LogP) is 1.65. The van der Waals surface area contributed by atoms with Crippen molar-refractivity contribution in [1.82, 2.24) is 15.0 Å². The Bertz CT molecular complexity index is 863. The van der Waals surface area contributed by atoms with E-state index in [9.17, 15) is 19.7 Å². The van der Waals surface area contributed by atoms with Crippen molar-refractivity contribution in [3.05, 3.63) is 39.7 Å². The standard InChI is InChI=1S/C14H14N4O8/c1-7(26-14(20)21)17-15-6-9(16-17)13(19)8-4-11(24-2)12(25-3)5-10(8)18(22)23/h4-7H,1-3H3,(H,20,21). The third-order valence-electron chi connectivity index (χ3n) is 3.28. The summed E-state index contributed by atoms with van der Waals surface area (Å²) in [5, 5.41) is 27.4. The van der Waals surface area contributed by atoms with Crippen molar-refractivity contribution in [1.29, 1.82) is 0 Å². The summed E-state index contributed by atoms with van der Waals surface area (Å²) in [5.41, 5.74) is -1.02. The molecule has 12 heteroatoms. The van der Waals surface area contributed by atoms with E-state index in [2.05, 4.69) is 14.9 Å². The Hall–Kier alpha value is -3.70. The highest BCUT2D eigenvalue weighted by Crippen LogP contribution is 2.35. The van der Waals surface area contributed by atoms with Crippen molar-refractivity contribution in [2.45, 2.75) is 13.2 Å². The summed E-state index contributed by atoms with van der Waals surface area (Å²) in [6, 6.07) is 2.22. The van der Waals surface area contributed by atoms with Gasteiger partial charge in [-0.3, -0.25) is 14.9 Å². The number of hydrogen-bond acceptors (Lipinski definition) is 9. The molecule has 0 bridgehead atoms. The molecule has 1 aromatic carbocycles. The van der Waals surface area contributed by atoms with Crippen LogP contribution in [0.3, 0.4) is 0 Å². The second-order valence-corrected chi connectivity index (χ2v) is 4.84. The first kappa shape index (κ1) is 18.6. The van der Waals surface area contributed by atoms with Gasteiger partial charge in [-0.05, 0) is 6.92 Å². The zero-order chi connectivity index (χ0) is 19.4. The summed E-state index contributed by atoms with van der Waals surface area (Å²) in [4.78, 5) is 34.6. The maximum absolute atomic E-state index is 12.6. The molecule has 2 rings (SSSR count). The molecule has 0 aliphatic rings. The summed E-state index contributed by atoms with van der Waals surface area (Å²) in [5.74, 6) is -0.592. The van der Waals surface area contributed by atoms with Crippen LogP contribution in [-0.4, -0.2) is 51.2 Å². The largest absolute Gasteiger partial charge is 0.507 e. The first-order chi connectivity index (χ1) is 12.3. The lowest BCUT2D eigenvalue weighted by Crippen LogP contribution is -2.16. The molecular formula is C14H14N4O8. The fourth-order valence-corrected chi connectivity index (χ4v) is 2.09. The molecule has 0 radical (unpaired) electrons. The Kier molecular flexibility index (Phi) is 5.35. The maximum Gasteiger partial charge on any atom is 0.507 e. The van der Waals surface area contributed by atoms with Gasteiger partial charge in [-0.2, -0.15) is 5.10 Å². The fraction of sp³-hybridized carbons (Fsp3) is 0.286. The second-order valence-electron chi connectivity index (χ2n) is 4.84. The van der Waals surface area contributed by atoms with E-state index < -0.39 is 28.8 Å². The van der Waals surface area contributed by atoms with Crippen molar-refractivity contribution in [2.75, 3.05) is 14.2 Å². The van der Waals surface area contributed by atoms with Gasteiger partial charge < -0.3 is 19.3 Å². The minimum absolute atomic E-state index is 0.0860. The van der Waals surface area contributed by atoms with Crippen LogP contribution in [0.5, 0.6) is 11.5 Å². The van der Waals surface area contributed by atoms with Gasteiger partial charge in [0, 0.05) is 6.07 Å². The summed E-state index contributed by atoms with van der Waals surface area (Å²) < 4.78 is 14.5. The number of carbonyl (C=O) groups is 2. The molecule has 1 N–H and O–H groups in total. The predicted molar refractivity (Wildman–Crippen MR) is 83.5 cm³/mol. The van der Waals surface area contributed by atoms with Gasteiger partial charge in [0.05, 0.1) is 31.4 Å². The van der Waals surface area contributed by atoms with E-state index in [4.69, 9.17) is 14.6 Å². The lowest BCUT2D eigenvalue weighted by molar-refractivity contribution is -0.385. The Labute approximate surface area is 146 Å². The van der Waals surface area contributed by atoms with Gasteiger partial charge in [0.25, 0.3) is 5.69 Å². The van der Waals surface area contributed by atoms with Crippen LogP contribution < -0.4 is 9.47 Å². The van der Waals surface area contributed by atoms with Crippen molar-refractivity contribution >= 4 is 17.6 Å². The van der Waals surface area contributed by atoms with Crippen LogP contribution >= 0.6 is 0 Å². The normalized spacial score (nSPS) is 11.5. The number of benzene rings is 1. The molecule has 0 aliphatic carbocycles. The maximum atomic E-state index is 12.6. The Balaban J connectivity index is 2.45. The lowest BCUT2D eigenvalue weighted by atomic mass is 10.1. The molecule has 1 atom stereocenters. The summed E-state index contributed by atoms with van der Waals surface area (Å²) in [6.45, 7) is 1.35. The van der Waals surface area contributed by atoms with Crippen LogP contribution in [0.25, 0.3) is 0 Å². The van der Waals surface area contributed by atoms with E-state index in [1.165, 1.54) is 21.1 Å². The molecule has 12 nitrogen and oxygen atoms in total. The van der Waals surface area contributed by atoms with Crippen LogP contribution in [-0.2, 0) is 4.74 Å². The highest BCUT2D eigenvalue weighted by molar-refractivity contribution is 6.10. The van der Waals surface area contributed by atoms with E-state index in [-0.39, 0.29) is 22.8 Å². The molecule has 0 saturated carbocycles. The second kappa shape index (κ2) is 7.46. The number of nitro groups is 1. The summed E-state index contributed by atoms with van der Waals surface area (Å²) >= 11 is 0. The Morgan fingerprint density at radius 1 is 1.27 bits per heavy atom. The number of hydrogen-bond donors (Lipinski definition) is 1. The number of nitro benzene ring substituents is 1. The molecule has 1 aromatic heterocycles. The number of carbonyl (C=O) groups excluding carboxylic acids is 1. The molecule has 0 spiro atoms. The molecule has 0 fully saturated rings. The SMILES string of the molecule is COc1cc(C(=O)c2cnn(C(C)OC(=O)O)n2)c([N+](=O)[O-])cc1OC. The number of ketones is 1. The zero-order valence-electron chi connectivity index (χ0n) is 13.9. The molecule has 26 heavy (non-hydrogen) atoms. The molecule has 0 amide bonds. The third kappa shape index (κ3) is 3.68. The van der Waals surface area contributed by atoms with Gasteiger partial charge in [-0.1, -0.05) is 0 Å². The summed E-state index contributed by atoms with van der Waals surface area (Å²) in [7, 11) is 2.62. The average Bonchev–Trinajstić information content (AvgIpc) is 3.09. The molecule has 2 aromatic rings.